The van der Waals surface area contributed by atoms with Crippen LogP contribution in [-0.4, -0.2) is 41.9 Å². The van der Waals surface area contributed by atoms with Crippen molar-refractivity contribution in [2.75, 3.05) is 24.2 Å². The van der Waals surface area contributed by atoms with Gasteiger partial charge in [0.15, 0.2) is 0 Å². The zero-order chi connectivity index (χ0) is 14.1. The standard InChI is InChI=1S/C14H15N3O2S/c1-16-13(18)7-6-10(15-16)14(19)17-8-9-20-12-5-3-2-4-11(12)17/h2-5H,6-9H2,1H3. The van der Waals surface area contributed by atoms with Crippen LogP contribution in [0.5, 0.6) is 0 Å². The molecule has 104 valence electrons. The fourth-order valence-electron chi connectivity index (χ4n) is 2.36. The van der Waals surface area contributed by atoms with Gasteiger partial charge in [0.25, 0.3) is 5.91 Å². The molecule has 0 aliphatic carbocycles. The lowest BCUT2D eigenvalue weighted by Gasteiger charge is -2.30. The summed E-state index contributed by atoms with van der Waals surface area (Å²) in [5.41, 5.74) is 1.41. The van der Waals surface area contributed by atoms with Gasteiger partial charge in [-0.2, -0.15) is 5.10 Å². The first-order chi connectivity index (χ1) is 9.66. The van der Waals surface area contributed by atoms with Gasteiger partial charge in [0.2, 0.25) is 5.91 Å². The molecule has 3 rings (SSSR count). The maximum atomic E-state index is 12.6. The van der Waals surface area contributed by atoms with E-state index in [1.165, 1.54) is 5.01 Å². The smallest absolute Gasteiger partial charge is 0.274 e. The summed E-state index contributed by atoms with van der Waals surface area (Å²) in [6, 6.07) is 7.89. The van der Waals surface area contributed by atoms with Gasteiger partial charge in [-0.05, 0) is 12.1 Å². The van der Waals surface area contributed by atoms with Gasteiger partial charge in [-0.1, -0.05) is 12.1 Å². The van der Waals surface area contributed by atoms with E-state index in [4.69, 9.17) is 0 Å². The van der Waals surface area contributed by atoms with Crippen LogP contribution >= 0.6 is 11.8 Å². The van der Waals surface area contributed by atoms with E-state index in [0.717, 1.165) is 16.3 Å². The zero-order valence-electron chi connectivity index (χ0n) is 11.2. The summed E-state index contributed by atoms with van der Waals surface area (Å²) in [4.78, 5) is 26.9. The molecule has 0 saturated carbocycles. The normalized spacial score (nSPS) is 18.6. The number of amides is 2. The van der Waals surface area contributed by atoms with Gasteiger partial charge in [0, 0.05) is 37.1 Å². The van der Waals surface area contributed by atoms with E-state index < -0.39 is 0 Å². The van der Waals surface area contributed by atoms with Crippen LogP contribution in [-0.2, 0) is 9.59 Å². The van der Waals surface area contributed by atoms with Crippen molar-refractivity contribution >= 4 is 35.0 Å². The topological polar surface area (TPSA) is 53.0 Å². The average molecular weight is 289 g/mol. The van der Waals surface area contributed by atoms with Crippen molar-refractivity contribution in [3.05, 3.63) is 24.3 Å². The summed E-state index contributed by atoms with van der Waals surface area (Å²) in [6.45, 7) is 0.678. The zero-order valence-corrected chi connectivity index (χ0v) is 12.0. The molecule has 0 atom stereocenters. The molecule has 0 aromatic heterocycles. The van der Waals surface area contributed by atoms with Crippen molar-refractivity contribution in [2.45, 2.75) is 17.7 Å². The first-order valence-corrected chi connectivity index (χ1v) is 7.53. The number of para-hydroxylation sites is 1. The first-order valence-electron chi connectivity index (χ1n) is 6.54. The number of anilines is 1. The molecule has 0 radical (unpaired) electrons. The minimum Gasteiger partial charge on any atom is -0.305 e. The third-order valence-electron chi connectivity index (χ3n) is 3.43. The number of fused-ring (bicyclic) bond motifs is 1. The number of hydrazone groups is 1. The Morgan fingerprint density at radius 1 is 1.30 bits per heavy atom. The molecule has 0 spiro atoms. The highest BCUT2D eigenvalue weighted by Crippen LogP contribution is 2.34. The van der Waals surface area contributed by atoms with E-state index >= 15 is 0 Å². The highest BCUT2D eigenvalue weighted by atomic mass is 32.2. The Morgan fingerprint density at radius 3 is 2.90 bits per heavy atom. The molecule has 0 bridgehead atoms. The van der Waals surface area contributed by atoms with Gasteiger partial charge in [0.05, 0.1) is 5.69 Å². The summed E-state index contributed by atoms with van der Waals surface area (Å²) in [5, 5.41) is 5.38. The minimum absolute atomic E-state index is 0.0452. The van der Waals surface area contributed by atoms with E-state index in [-0.39, 0.29) is 11.8 Å². The molecule has 2 heterocycles. The predicted octanol–water partition coefficient (Wildman–Crippen LogP) is 1.73. The molecular weight excluding hydrogens is 274 g/mol. The number of thioether (sulfide) groups is 1. The average Bonchev–Trinajstić information content (AvgIpc) is 2.49. The third kappa shape index (κ3) is 2.31. The van der Waals surface area contributed by atoms with Crippen LogP contribution in [0.3, 0.4) is 0 Å². The third-order valence-corrected chi connectivity index (χ3v) is 4.47. The second-order valence-corrected chi connectivity index (χ2v) is 5.87. The lowest BCUT2D eigenvalue weighted by molar-refractivity contribution is -0.130. The van der Waals surface area contributed by atoms with Crippen LogP contribution in [0.2, 0.25) is 0 Å². The second-order valence-electron chi connectivity index (χ2n) is 4.74. The Morgan fingerprint density at radius 2 is 2.10 bits per heavy atom. The summed E-state index contributed by atoms with van der Waals surface area (Å²) in [6.07, 6.45) is 0.777. The summed E-state index contributed by atoms with van der Waals surface area (Å²) in [5.74, 6) is 0.749. The van der Waals surface area contributed by atoms with Crippen LogP contribution < -0.4 is 4.90 Å². The largest absolute Gasteiger partial charge is 0.305 e. The van der Waals surface area contributed by atoms with Crippen molar-refractivity contribution in [1.82, 2.24) is 5.01 Å². The van der Waals surface area contributed by atoms with Crippen LogP contribution in [0.1, 0.15) is 12.8 Å². The quantitative estimate of drug-likeness (QED) is 0.791. The van der Waals surface area contributed by atoms with Crippen LogP contribution in [0.4, 0.5) is 5.69 Å². The number of rotatable bonds is 1. The van der Waals surface area contributed by atoms with Crippen molar-refractivity contribution < 1.29 is 9.59 Å². The number of hydrogen-bond donors (Lipinski definition) is 0. The summed E-state index contributed by atoms with van der Waals surface area (Å²) >= 11 is 1.76. The lowest BCUT2D eigenvalue weighted by Crippen LogP contribution is -2.43. The number of hydrogen-bond acceptors (Lipinski definition) is 4. The van der Waals surface area contributed by atoms with Gasteiger partial charge < -0.3 is 4.90 Å². The van der Waals surface area contributed by atoms with E-state index in [1.54, 1.807) is 23.7 Å². The molecule has 6 heteroatoms. The molecule has 2 aliphatic rings. The van der Waals surface area contributed by atoms with E-state index in [0.29, 0.717) is 25.1 Å². The first kappa shape index (κ1) is 13.2. The molecule has 0 N–H and O–H groups in total. The van der Waals surface area contributed by atoms with Gasteiger partial charge in [-0.15, -0.1) is 11.8 Å². The second kappa shape index (κ2) is 5.28. The Balaban J connectivity index is 1.89. The highest BCUT2D eigenvalue weighted by molar-refractivity contribution is 7.99. The number of carbonyl (C=O) groups is 2. The molecule has 20 heavy (non-hydrogen) atoms. The number of benzene rings is 1. The van der Waals surface area contributed by atoms with E-state index in [9.17, 15) is 9.59 Å². The molecule has 0 saturated heterocycles. The SMILES string of the molecule is CN1N=C(C(=O)N2CCSc3ccccc32)CCC1=O. The molecule has 0 fully saturated rings. The van der Waals surface area contributed by atoms with Crippen LogP contribution in [0.25, 0.3) is 0 Å². The van der Waals surface area contributed by atoms with Gasteiger partial charge in [-0.25, -0.2) is 5.01 Å². The van der Waals surface area contributed by atoms with Crippen molar-refractivity contribution in [1.29, 1.82) is 0 Å². The van der Waals surface area contributed by atoms with Crippen molar-refractivity contribution in [3.8, 4) is 0 Å². The van der Waals surface area contributed by atoms with Crippen molar-refractivity contribution in [3.63, 3.8) is 0 Å². The highest BCUT2D eigenvalue weighted by Gasteiger charge is 2.29. The fourth-order valence-corrected chi connectivity index (χ4v) is 3.35. The Bertz CT molecular complexity index is 600. The summed E-state index contributed by atoms with van der Waals surface area (Å²) in [7, 11) is 1.59. The Kier molecular flexibility index (Phi) is 3.48. The summed E-state index contributed by atoms with van der Waals surface area (Å²) < 4.78 is 0. The number of nitrogens with zero attached hydrogens (tertiary/aromatic N) is 3. The monoisotopic (exact) mass is 289 g/mol. The van der Waals surface area contributed by atoms with E-state index in [2.05, 4.69) is 5.10 Å². The lowest BCUT2D eigenvalue weighted by atomic mass is 10.1. The Labute approximate surface area is 121 Å². The molecular formula is C14H15N3O2S. The Hall–Kier alpha value is -1.82. The van der Waals surface area contributed by atoms with Gasteiger partial charge in [0.1, 0.15) is 5.71 Å². The molecule has 5 nitrogen and oxygen atoms in total. The maximum absolute atomic E-state index is 12.6. The van der Waals surface area contributed by atoms with Crippen molar-refractivity contribution in [2.24, 2.45) is 5.10 Å². The molecule has 0 unspecified atom stereocenters. The van der Waals surface area contributed by atoms with Crippen LogP contribution in [0, 0.1) is 0 Å². The molecule has 2 aliphatic heterocycles. The fraction of sp³-hybridized carbons (Fsp3) is 0.357. The molecule has 1 aromatic carbocycles. The number of carbonyl (C=O) groups excluding carboxylic acids is 2. The molecule has 1 aromatic rings. The molecule has 2 amide bonds. The van der Waals surface area contributed by atoms with Crippen LogP contribution in [0.15, 0.2) is 34.3 Å². The van der Waals surface area contributed by atoms with Gasteiger partial charge in [-0.3, -0.25) is 9.59 Å². The predicted molar refractivity (Wildman–Crippen MR) is 79.0 cm³/mol. The van der Waals surface area contributed by atoms with E-state index in [1.807, 2.05) is 24.3 Å². The van der Waals surface area contributed by atoms with Gasteiger partial charge >= 0.3 is 0 Å². The minimum atomic E-state index is -0.0860. The maximum Gasteiger partial charge on any atom is 0.274 e.